The average Bonchev–Trinajstić information content (AvgIpc) is 2.40. The molecule has 1 aromatic carbocycles. The lowest BCUT2D eigenvalue weighted by atomic mass is 9.94. The molecule has 0 spiro atoms. The maximum absolute atomic E-state index is 12.9. The Morgan fingerprint density at radius 2 is 1.85 bits per heavy atom. The number of benzene rings is 1. The van der Waals surface area contributed by atoms with Gasteiger partial charge in [0.15, 0.2) is 0 Å². The van der Waals surface area contributed by atoms with Crippen molar-refractivity contribution in [1.29, 1.82) is 0 Å². The largest absolute Gasteiger partial charge is 0.417 e. The van der Waals surface area contributed by atoms with E-state index in [4.69, 9.17) is 11.6 Å². The minimum atomic E-state index is -4.54. The van der Waals surface area contributed by atoms with Crippen LogP contribution >= 0.6 is 11.6 Å². The molecule has 2 unspecified atom stereocenters. The first-order chi connectivity index (χ1) is 9.39. The lowest BCUT2D eigenvalue weighted by Crippen LogP contribution is -2.43. The second kappa shape index (κ2) is 6.04. The average molecular weight is 306 g/mol. The Bertz CT molecular complexity index is 490. The fourth-order valence-corrected chi connectivity index (χ4v) is 2.77. The van der Waals surface area contributed by atoms with Gasteiger partial charge in [-0.25, -0.2) is 0 Å². The summed E-state index contributed by atoms with van der Waals surface area (Å²) in [7, 11) is 0. The summed E-state index contributed by atoms with van der Waals surface area (Å²) >= 11 is 6.11. The molecule has 2 rings (SSSR count). The molecule has 1 saturated carbocycles. The van der Waals surface area contributed by atoms with Crippen LogP contribution in [0.4, 0.5) is 13.2 Å². The summed E-state index contributed by atoms with van der Waals surface area (Å²) in [5, 5.41) is 2.41. The number of hydrogen-bond acceptors (Lipinski definition) is 1. The topological polar surface area (TPSA) is 29.1 Å². The molecule has 0 aliphatic heterocycles. The molecule has 1 amide bonds. The standard InChI is InChI=1S/C14H15ClF3NO/c15-11-7-3-4-8-12(11)19-13(20)9-5-1-2-6-10(9)14(16,17)18/h1-2,5-6,11-12H,3-4,7-8H2,(H,19,20). The second-order valence-electron chi connectivity index (χ2n) is 4.92. The molecule has 1 aliphatic carbocycles. The summed E-state index contributed by atoms with van der Waals surface area (Å²) in [5.74, 6) is -0.713. The number of rotatable bonds is 2. The third kappa shape index (κ3) is 3.45. The van der Waals surface area contributed by atoms with Gasteiger partial charge < -0.3 is 5.32 Å². The highest BCUT2D eigenvalue weighted by molar-refractivity contribution is 6.21. The fraction of sp³-hybridized carbons (Fsp3) is 0.500. The molecule has 1 fully saturated rings. The van der Waals surface area contributed by atoms with Gasteiger partial charge in [-0.2, -0.15) is 13.2 Å². The minimum Gasteiger partial charge on any atom is -0.348 e. The van der Waals surface area contributed by atoms with Crippen molar-refractivity contribution < 1.29 is 18.0 Å². The van der Waals surface area contributed by atoms with Crippen molar-refractivity contribution in [2.45, 2.75) is 43.3 Å². The first-order valence-corrected chi connectivity index (χ1v) is 6.94. The van der Waals surface area contributed by atoms with Crippen molar-refractivity contribution in [2.75, 3.05) is 0 Å². The number of hydrogen-bond donors (Lipinski definition) is 1. The molecule has 6 heteroatoms. The summed E-state index contributed by atoms with van der Waals surface area (Å²) in [6.07, 6.45) is -1.16. The Morgan fingerprint density at radius 3 is 2.50 bits per heavy atom. The van der Waals surface area contributed by atoms with Gasteiger partial charge in [0.2, 0.25) is 0 Å². The molecule has 0 aromatic heterocycles. The molecule has 20 heavy (non-hydrogen) atoms. The maximum Gasteiger partial charge on any atom is 0.417 e. The first-order valence-electron chi connectivity index (χ1n) is 6.51. The van der Waals surface area contributed by atoms with Crippen LogP contribution in [0.15, 0.2) is 24.3 Å². The molecule has 0 bridgehead atoms. The van der Waals surface area contributed by atoms with E-state index in [1.807, 2.05) is 0 Å². The van der Waals surface area contributed by atoms with E-state index in [1.54, 1.807) is 0 Å². The number of carbonyl (C=O) groups excluding carboxylic acids is 1. The summed E-state index contributed by atoms with van der Waals surface area (Å²) in [6.45, 7) is 0. The molecule has 0 radical (unpaired) electrons. The monoisotopic (exact) mass is 305 g/mol. The third-order valence-electron chi connectivity index (χ3n) is 3.48. The minimum absolute atomic E-state index is 0.217. The Labute approximate surface area is 120 Å². The molecule has 1 aliphatic rings. The van der Waals surface area contributed by atoms with Crippen molar-refractivity contribution in [2.24, 2.45) is 0 Å². The van der Waals surface area contributed by atoms with Gasteiger partial charge in [0.05, 0.1) is 16.5 Å². The summed E-state index contributed by atoms with van der Waals surface area (Å²) in [6, 6.07) is 4.52. The van der Waals surface area contributed by atoms with Gasteiger partial charge in [0.25, 0.3) is 5.91 Å². The van der Waals surface area contributed by atoms with Gasteiger partial charge in [-0.3, -0.25) is 4.79 Å². The van der Waals surface area contributed by atoms with Crippen LogP contribution in [0.5, 0.6) is 0 Å². The highest BCUT2D eigenvalue weighted by Gasteiger charge is 2.35. The number of alkyl halides is 4. The van der Waals surface area contributed by atoms with Crippen LogP contribution in [0.25, 0.3) is 0 Å². The Hall–Kier alpha value is -1.23. The summed E-state index contributed by atoms with van der Waals surface area (Å²) < 4.78 is 38.6. The van der Waals surface area contributed by atoms with Crippen LogP contribution in [0.1, 0.15) is 41.6 Å². The number of nitrogens with one attached hydrogen (secondary N) is 1. The van der Waals surface area contributed by atoms with Crippen molar-refractivity contribution in [1.82, 2.24) is 5.32 Å². The Kier molecular flexibility index (Phi) is 4.58. The van der Waals surface area contributed by atoms with Crippen molar-refractivity contribution >= 4 is 17.5 Å². The number of carbonyl (C=O) groups is 1. The zero-order valence-electron chi connectivity index (χ0n) is 10.7. The third-order valence-corrected chi connectivity index (χ3v) is 4.00. The highest BCUT2D eigenvalue weighted by atomic mass is 35.5. The van der Waals surface area contributed by atoms with E-state index in [0.29, 0.717) is 6.42 Å². The lowest BCUT2D eigenvalue weighted by Gasteiger charge is -2.28. The van der Waals surface area contributed by atoms with Crippen molar-refractivity contribution in [3.05, 3.63) is 35.4 Å². The molecule has 2 atom stereocenters. The summed E-state index contributed by atoms with van der Waals surface area (Å²) in [5.41, 5.74) is -1.27. The molecule has 1 N–H and O–H groups in total. The summed E-state index contributed by atoms with van der Waals surface area (Å²) in [4.78, 5) is 12.1. The molecule has 2 nitrogen and oxygen atoms in total. The zero-order chi connectivity index (χ0) is 14.8. The predicted molar refractivity (Wildman–Crippen MR) is 70.8 cm³/mol. The molecule has 0 heterocycles. The van der Waals surface area contributed by atoms with Crippen LogP contribution < -0.4 is 5.32 Å². The van der Waals surface area contributed by atoms with Gasteiger partial charge in [-0.1, -0.05) is 25.0 Å². The Morgan fingerprint density at radius 1 is 1.20 bits per heavy atom. The van der Waals surface area contributed by atoms with Gasteiger partial charge in [0, 0.05) is 6.04 Å². The molecule has 110 valence electrons. The van der Waals surface area contributed by atoms with E-state index in [-0.39, 0.29) is 17.0 Å². The van der Waals surface area contributed by atoms with E-state index >= 15 is 0 Å². The zero-order valence-corrected chi connectivity index (χ0v) is 11.5. The van der Waals surface area contributed by atoms with E-state index in [2.05, 4.69) is 5.32 Å². The van der Waals surface area contributed by atoms with Crippen LogP contribution in [0.2, 0.25) is 0 Å². The van der Waals surface area contributed by atoms with Gasteiger partial charge in [-0.05, 0) is 25.0 Å². The highest BCUT2D eigenvalue weighted by Crippen LogP contribution is 2.32. The quantitative estimate of drug-likeness (QED) is 0.823. The van der Waals surface area contributed by atoms with E-state index in [9.17, 15) is 18.0 Å². The lowest BCUT2D eigenvalue weighted by molar-refractivity contribution is -0.137. The fourth-order valence-electron chi connectivity index (χ4n) is 2.42. The van der Waals surface area contributed by atoms with E-state index < -0.39 is 17.6 Å². The molecule has 0 saturated heterocycles. The normalized spacial score (nSPS) is 23.4. The van der Waals surface area contributed by atoms with Gasteiger partial charge in [0.1, 0.15) is 0 Å². The van der Waals surface area contributed by atoms with Crippen LogP contribution in [0.3, 0.4) is 0 Å². The first kappa shape index (κ1) is 15.2. The van der Waals surface area contributed by atoms with Crippen LogP contribution in [-0.4, -0.2) is 17.3 Å². The predicted octanol–water partition coefficient (Wildman–Crippen LogP) is 3.99. The molecular weight excluding hydrogens is 291 g/mol. The smallest absolute Gasteiger partial charge is 0.348 e. The maximum atomic E-state index is 12.9. The van der Waals surface area contributed by atoms with Crippen molar-refractivity contribution in [3.8, 4) is 0 Å². The number of halogens is 4. The van der Waals surface area contributed by atoms with Gasteiger partial charge in [-0.15, -0.1) is 11.6 Å². The van der Waals surface area contributed by atoms with E-state index in [0.717, 1.165) is 25.3 Å². The van der Waals surface area contributed by atoms with Gasteiger partial charge >= 0.3 is 6.18 Å². The number of amides is 1. The molecule has 1 aromatic rings. The van der Waals surface area contributed by atoms with E-state index in [1.165, 1.54) is 18.2 Å². The van der Waals surface area contributed by atoms with Crippen LogP contribution in [0, 0.1) is 0 Å². The van der Waals surface area contributed by atoms with Crippen molar-refractivity contribution in [3.63, 3.8) is 0 Å². The second-order valence-corrected chi connectivity index (χ2v) is 5.48. The SMILES string of the molecule is O=C(NC1CCCCC1Cl)c1ccccc1C(F)(F)F. The molecular formula is C14H15ClF3NO. The van der Waals surface area contributed by atoms with Crippen LogP contribution in [-0.2, 0) is 6.18 Å². The Balaban J connectivity index is 2.17.